The van der Waals surface area contributed by atoms with Gasteiger partial charge in [0, 0.05) is 30.8 Å². The minimum absolute atomic E-state index is 0. The third kappa shape index (κ3) is 3.28. The summed E-state index contributed by atoms with van der Waals surface area (Å²) in [5.74, 6) is 0. The van der Waals surface area contributed by atoms with E-state index in [1.54, 1.807) is 27.7 Å². The van der Waals surface area contributed by atoms with Crippen molar-refractivity contribution in [3.05, 3.63) is 0 Å². The predicted octanol–water partition coefficient (Wildman–Crippen LogP) is 2.07. The van der Waals surface area contributed by atoms with Gasteiger partial charge in [-0.3, -0.25) is 4.57 Å². The van der Waals surface area contributed by atoms with Gasteiger partial charge in [-0.05, 0) is 0 Å². The van der Waals surface area contributed by atoms with Crippen LogP contribution in [0.1, 0.15) is 27.7 Å². The zero-order valence-electron chi connectivity index (χ0n) is 7.16. The van der Waals surface area contributed by atoms with E-state index in [1.165, 1.54) is 0 Å². The van der Waals surface area contributed by atoms with Crippen LogP contribution >= 0.6 is 7.37 Å². The number of hydrogen-bond acceptors (Lipinski definition) is 1. The minimum atomic E-state index is -2.84. The Morgan fingerprint density at radius 3 is 1.30 bits per heavy atom. The summed E-state index contributed by atoms with van der Waals surface area (Å²) in [5.41, 5.74) is -0.199. The Morgan fingerprint density at radius 2 is 1.30 bits per heavy atom. The van der Waals surface area contributed by atoms with Gasteiger partial charge in [0.2, 0.25) is 7.37 Å². The molecule has 10 heavy (non-hydrogen) atoms. The fourth-order valence-corrected chi connectivity index (χ4v) is 1.79. The van der Waals surface area contributed by atoms with Crippen molar-refractivity contribution < 1.29 is 28.9 Å². The Hall–Kier alpha value is 0.813. The minimum Gasteiger partial charge on any atom is -0.344 e. The molecule has 0 aromatic heterocycles. The van der Waals surface area contributed by atoms with Crippen LogP contribution in [0.3, 0.4) is 0 Å². The van der Waals surface area contributed by atoms with Gasteiger partial charge in [0.25, 0.3) is 0 Å². The molecule has 0 bridgehead atoms. The molecule has 0 aliphatic heterocycles. The molecule has 0 aromatic rings. The molecule has 0 heterocycles. The van der Waals surface area contributed by atoms with Gasteiger partial charge in [0.1, 0.15) is 0 Å². The fourth-order valence-electron chi connectivity index (χ4n) is 0.596. The molecule has 1 N–H and O–H groups in total. The molecule has 0 radical (unpaired) electrons. The van der Waals surface area contributed by atoms with Crippen molar-refractivity contribution in [3.8, 4) is 0 Å². The van der Waals surface area contributed by atoms with Crippen LogP contribution in [0.5, 0.6) is 0 Å². The van der Waals surface area contributed by atoms with Crippen LogP contribution in [-0.4, -0.2) is 16.2 Å². The molecule has 0 aliphatic carbocycles. The van der Waals surface area contributed by atoms with E-state index >= 15 is 0 Å². The molecule has 0 aliphatic rings. The van der Waals surface area contributed by atoms with Crippen LogP contribution in [-0.2, 0) is 24.0 Å². The molecule has 0 rings (SSSR count). The Morgan fingerprint density at radius 1 is 1.10 bits per heavy atom. The van der Waals surface area contributed by atoms with Gasteiger partial charge in [-0.2, -0.15) is 0 Å². The monoisotopic (exact) mass is 214 g/mol. The summed E-state index contributed by atoms with van der Waals surface area (Å²) in [6.07, 6.45) is 0. The van der Waals surface area contributed by atoms with Gasteiger partial charge >= 0.3 is 0 Å². The topological polar surface area (TPSA) is 37.3 Å². The van der Waals surface area contributed by atoms with Crippen molar-refractivity contribution in [2.75, 3.05) is 0 Å². The molecular formula is C6H15O2PZn. The molecule has 4 heteroatoms. The molecule has 0 aromatic carbocycles. The summed E-state index contributed by atoms with van der Waals surface area (Å²) in [7, 11) is -2.84. The first-order valence-electron chi connectivity index (χ1n) is 3.21. The quantitative estimate of drug-likeness (QED) is 0.566. The summed E-state index contributed by atoms with van der Waals surface area (Å²) < 4.78 is 11.2. The van der Waals surface area contributed by atoms with E-state index in [4.69, 9.17) is 0 Å². The van der Waals surface area contributed by atoms with Gasteiger partial charge in [-0.15, -0.1) is 0 Å². The van der Waals surface area contributed by atoms with E-state index in [1.807, 2.05) is 0 Å². The first-order chi connectivity index (χ1) is 3.89. The Labute approximate surface area is 75.6 Å². The zero-order valence-corrected chi connectivity index (χ0v) is 11.0. The Bertz CT molecular complexity index is 122. The molecule has 0 spiro atoms. The van der Waals surface area contributed by atoms with Crippen LogP contribution in [0.15, 0.2) is 0 Å². The molecule has 2 nitrogen and oxygen atoms in total. The zero-order chi connectivity index (χ0) is 7.65. The van der Waals surface area contributed by atoms with E-state index in [0.29, 0.717) is 0 Å². The van der Waals surface area contributed by atoms with Crippen molar-refractivity contribution in [1.82, 2.24) is 0 Å². The van der Waals surface area contributed by atoms with Crippen molar-refractivity contribution in [2.45, 2.75) is 39.0 Å². The number of hydrogen-bond donors (Lipinski definition) is 1. The number of rotatable bonds is 2. The molecule has 0 saturated heterocycles. The molecule has 0 unspecified atom stereocenters. The largest absolute Gasteiger partial charge is 0.344 e. The van der Waals surface area contributed by atoms with E-state index in [-0.39, 0.29) is 30.8 Å². The molecule has 0 atom stereocenters. The maximum absolute atomic E-state index is 11.2. The second kappa shape index (κ2) is 4.64. The van der Waals surface area contributed by atoms with E-state index in [0.717, 1.165) is 0 Å². The van der Waals surface area contributed by atoms with Crippen molar-refractivity contribution in [3.63, 3.8) is 0 Å². The van der Waals surface area contributed by atoms with Crippen LogP contribution in [0.2, 0.25) is 0 Å². The van der Waals surface area contributed by atoms with Gasteiger partial charge < -0.3 is 4.89 Å². The smallest absolute Gasteiger partial charge is 0.205 e. The normalized spacial score (nSPS) is 11.9. The first-order valence-corrected chi connectivity index (χ1v) is 5.01. The van der Waals surface area contributed by atoms with Gasteiger partial charge in [0.05, 0.1) is 0 Å². The molecular weight excluding hydrogens is 200 g/mol. The maximum Gasteiger partial charge on any atom is 0.205 e. The SMILES string of the molecule is CC(C)P(=O)(O)C(C)C.[Zn]. The Balaban J connectivity index is 0. The average molecular weight is 216 g/mol. The van der Waals surface area contributed by atoms with Crippen molar-refractivity contribution in [1.29, 1.82) is 0 Å². The molecule has 0 amide bonds. The summed E-state index contributed by atoms with van der Waals surface area (Å²) in [6, 6.07) is 0. The maximum atomic E-state index is 11.2. The third-order valence-electron chi connectivity index (χ3n) is 1.48. The van der Waals surface area contributed by atoms with E-state index in [2.05, 4.69) is 0 Å². The van der Waals surface area contributed by atoms with Gasteiger partial charge in [-0.1, -0.05) is 27.7 Å². The third-order valence-corrected chi connectivity index (χ3v) is 4.44. The first kappa shape index (κ1) is 13.4. The average Bonchev–Trinajstić information content (AvgIpc) is 1.65. The molecule has 58 valence electrons. The standard InChI is InChI=1S/C6H15O2P.Zn/c1-5(2)9(7,8)6(3)4;/h5-6H,1-4H3,(H,7,8);. The Kier molecular flexibility index (Phi) is 6.22. The second-order valence-corrected chi connectivity index (χ2v) is 6.27. The van der Waals surface area contributed by atoms with Crippen LogP contribution in [0.4, 0.5) is 0 Å². The van der Waals surface area contributed by atoms with Crippen LogP contribution < -0.4 is 0 Å². The predicted molar refractivity (Wildman–Crippen MR) is 40.1 cm³/mol. The van der Waals surface area contributed by atoms with E-state index in [9.17, 15) is 9.46 Å². The van der Waals surface area contributed by atoms with Crippen molar-refractivity contribution >= 4 is 7.37 Å². The second-order valence-electron chi connectivity index (χ2n) is 2.86. The summed E-state index contributed by atoms with van der Waals surface area (Å²) >= 11 is 0. The van der Waals surface area contributed by atoms with Crippen LogP contribution in [0.25, 0.3) is 0 Å². The van der Waals surface area contributed by atoms with Crippen molar-refractivity contribution in [2.24, 2.45) is 0 Å². The van der Waals surface area contributed by atoms with Crippen LogP contribution in [0, 0.1) is 0 Å². The van der Waals surface area contributed by atoms with Gasteiger partial charge in [-0.25, -0.2) is 0 Å². The summed E-state index contributed by atoms with van der Waals surface area (Å²) in [6.45, 7) is 7.11. The summed E-state index contributed by atoms with van der Waals surface area (Å²) in [5, 5.41) is 0. The fraction of sp³-hybridized carbons (Fsp3) is 1.00. The van der Waals surface area contributed by atoms with E-state index < -0.39 is 7.37 Å². The molecule has 0 fully saturated rings. The van der Waals surface area contributed by atoms with Gasteiger partial charge in [0.15, 0.2) is 0 Å². The summed E-state index contributed by atoms with van der Waals surface area (Å²) in [4.78, 5) is 9.22. The molecule has 0 saturated carbocycles.